The fourth-order valence-corrected chi connectivity index (χ4v) is 1.37. The Morgan fingerprint density at radius 2 is 1.55 bits per heavy atom. The number of halogens is 1. The van der Waals surface area contributed by atoms with E-state index in [2.05, 4.69) is 0 Å². The van der Waals surface area contributed by atoms with Crippen molar-refractivity contribution in [1.29, 1.82) is 0 Å². The van der Waals surface area contributed by atoms with E-state index < -0.39 is 9.05 Å². The van der Waals surface area contributed by atoms with Crippen LogP contribution in [0.1, 0.15) is 0 Å². The molecule has 5 heteroatoms. The predicted octanol–water partition coefficient (Wildman–Crippen LogP) is 0.966. The van der Waals surface area contributed by atoms with Gasteiger partial charge in [0.15, 0.2) is 0 Å². The molecular weight excluding hydrogens is 195 g/mol. The zero-order valence-electron chi connectivity index (χ0n) is 4.99. The van der Waals surface area contributed by atoms with Crippen LogP contribution in [0.4, 0.5) is 0 Å². The molecule has 0 spiro atoms. The molecule has 0 heterocycles. The van der Waals surface area contributed by atoms with Crippen LogP contribution < -0.4 is 0 Å². The Morgan fingerprint density at radius 1 is 1.09 bits per heavy atom. The van der Waals surface area contributed by atoms with Crippen LogP contribution in [0.3, 0.4) is 0 Å². The van der Waals surface area contributed by atoms with Gasteiger partial charge < -0.3 is 0 Å². The Balaban J connectivity index is 0.000001000. The molecule has 0 fully saturated rings. The molecule has 0 aliphatic rings. The molecule has 0 saturated carbocycles. The SMILES string of the molecule is O=S(=O)(Cl)c1ccccc1.[NaH]. The van der Waals surface area contributed by atoms with E-state index in [1.807, 2.05) is 0 Å². The molecule has 1 aromatic carbocycles. The van der Waals surface area contributed by atoms with Crippen LogP contribution in [0.15, 0.2) is 35.2 Å². The monoisotopic (exact) mass is 200 g/mol. The minimum atomic E-state index is -3.53. The molecule has 0 atom stereocenters. The van der Waals surface area contributed by atoms with Gasteiger partial charge in [0, 0.05) is 10.7 Å². The Labute approximate surface area is 92.3 Å². The molecule has 0 unspecified atom stereocenters. The maximum absolute atomic E-state index is 10.6. The van der Waals surface area contributed by atoms with Crippen molar-refractivity contribution in [2.75, 3.05) is 0 Å². The average molecular weight is 201 g/mol. The van der Waals surface area contributed by atoms with E-state index in [0.29, 0.717) is 0 Å². The van der Waals surface area contributed by atoms with Gasteiger partial charge in [0.2, 0.25) is 0 Å². The molecule has 0 N–H and O–H groups in total. The number of rotatable bonds is 1. The van der Waals surface area contributed by atoms with Gasteiger partial charge in [-0.3, -0.25) is 0 Å². The summed E-state index contributed by atoms with van der Waals surface area (Å²) in [4.78, 5) is 0.136. The van der Waals surface area contributed by atoms with Gasteiger partial charge >= 0.3 is 29.6 Å². The summed E-state index contributed by atoms with van der Waals surface area (Å²) in [6, 6.07) is 7.86. The summed E-state index contributed by atoms with van der Waals surface area (Å²) >= 11 is 0. The molecule has 0 amide bonds. The Hall–Kier alpha value is 0.460. The van der Waals surface area contributed by atoms with Crippen molar-refractivity contribution in [3.05, 3.63) is 30.3 Å². The van der Waals surface area contributed by atoms with E-state index in [0.717, 1.165) is 0 Å². The first-order valence-electron chi connectivity index (χ1n) is 2.60. The van der Waals surface area contributed by atoms with Crippen LogP contribution in [-0.4, -0.2) is 38.0 Å². The first-order valence-corrected chi connectivity index (χ1v) is 4.91. The third-order valence-corrected chi connectivity index (χ3v) is 2.39. The summed E-state index contributed by atoms with van der Waals surface area (Å²) < 4.78 is 21.2. The zero-order chi connectivity index (χ0) is 7.61. The molecule has 0 aliphatic carbocycles. The van der Waals surface area contributed by atoms with E-state index in [9.17, 15) is 8.42 Å². The van der Waals surface area contributed by atoms with Crippen LogP contribution >= 0.6 is 10.7 Å². The van der Waals surface area contributed by atoms with Gasteiger partial charge in [-0.2, -0.15) is 0 Å². The van der Waals surface area contributed by atoms with Gasteiger partial charge in [-0.1, -0.05) is 18.2 Å². The van der Waals surface area contributed by atoms with E-state index >= 15 is 0 Å². The van der Waals surface area contributed by atoms with Gasteiger partial charge in [0.1, 0.15) is 0 Å². The van der Waals surface area contributed by atoms with E-state index in [4.69, 9.17) is 10.7 Å². The van der Waals surface area contributed by atoms with Crippen LogP contribution in [0.25, 0.3) is 0 Å². The van der Waals surface area contributed by atoms with E-state index in [-0.39, 0.29) is 34.5 Å². The zero-order valence-corrected chi connectivity index (χ0v) is 6.56. The van der Waals surface area contributed by atoms with Gasteiger partial charge in [-0.25, -0.2) is 8.42 Å². The summed E-state index contributed by atoms with van der Waals surface area (Å²) in [5.74, 6) is 0. The Bertz CT molecular complexity index is 309. The van der Waals surface area contributed by atoms with Crippen molar-refractivity contribution in [3.8, 4) is 0 Å². The first kappa shape index (κ1) is 11.5. The van der Waals surface area contributed by atoms with Gasteiger partial charge in [0.05, 0.1) is 4.90 Å². The molecular formula is C6H6ClNaO2S. The van der Waals surface area contributed by atoms with Crippen LogP contribution in [-0.2, 0) is 9.05 Å². The summed E-state index contributed by atoms with van der Waals surface area (Å²) in [5, 5.41) is 0. The predicted molar refractivity (Wildman–Crippen MR) is 46.6 cm³/mol. The summed E-state index contributed by atoms with van der Waals surface area (Å²) in [5.41, 5.74) is 0. The minimum absolute atomic E-state index is 0. The van der Waals surface area contributed by atoms with Crippen molar-refractivity contribution >= 4 is 49.3 Å². The molecule has 0 saturated heterocycles. The number of hydrogen-bond acceptors (Lipinski definition) is 2. The molecule has 0 bridgehead atoms. The summed E-state index contributed by atoms with van der Waals surface area (Å²) in [6.45, 7) is 0. The normalized spacial score (nSPS) is 10.3. The summed E-state index contributed by atoms with van der Waals surface area (Å²) in [7, 11) is 1.50. The van der Waals surface area contributed by atoms with Crippen molar-refractivity contribution in [2.45, 2.75) is 4.90 Å². The van der Waals surface area contributed by atoms with Crippen molar-refractivity contribution in [2.24, 2.45) is 0 Å². The molecule has 0 aliphatic heterocycles. The molecule has 0 radical (unpaired) electrons. The molecule has 2 nitrogen and oxygen atoms in total. The second-order valence-electron chi connectivity index (χ2n) is 1.75. The maximum atomic E-state index is 10.6. The topological polar surface area (TPSA) is 34.1 Å². The molecule has 1 rings (SSSR count). The molecule has 11 heavy (non-hydrogen) atoms. The van der Waals surface area contributed by atoms with Gasteiger partial charge in [-0.05, 0) is 12.1 Å². The second-order valence-corrected chi connectivity index (χ2v) is 4.32. The van der Waals surface area contributed by atoms with Crippen molar-refractivity contribution in [3.63, 3.8) is 0 Å². The number of benzene rings is 1. The third kappa shape index (κ3) is 3.58. The van der Waals surface area contributed by atoms with Crippen LogP contribution in [0, 0.1) is 0 Å². The van der Waals surface area contributed by atoms with Crippen LogP contribution in [0.5, 0.6) is 0 Å². The Kier molecular flexibility index (Phi) is 4.66. The standard InChI is InChI=1S/C6H5ClO2S.Na.H/c7-10(8,9)6-4-2-1-3-5-6;;/h1-5H;;. The van der Waals surface area contributed by atoms with Crippen LogP contribution in [0.2, 0.25) is 0 Å². The molecule has 56 valence electrons. The third-order valence-electron chi connectivity index (χ3n) is 1.02. The molecule has 0 aromatic heterocycles. The quantitative estimate of drug-likeness (QED) is 0.500. The average Bonchev–Trinajstić information content (AvgIpc) is 1.88. The van der Waals surface area contributed by atoms with E-state index in [1.54, 1.807) is 18.2 Å². The second kappa shape index (κ2) is 4.48. The summed E-state index contributed by atoms with van der Waals surface area (Å²) in [6.07, 6.45) is 0. The fourth-order valence-electron chi connectivity index (χ4n) is 0.583. The van der Waals surface area contributed by atoms with Gasteiger partial charge in [0.25, 0.3) is 9.05 Å². The fraction of sp³-hybridized carbons (Fsp3) is 0. The first-order chi connectivity index (χ1) is 4.61. The Morgan fingerprint density at radius 3 is 1.82 bits per heavy atom. The number of hydrogen-bond donors (Lipinski definition) is 0. The van der Waals surface area contributed by atoms with Crippen molar-refractivity contribution in [1.82, 2.24) is 0 Å². The molecule has 1 aromatic rings. The van der Waals surface area contributed by atoms with E-state index in [1.165, 1.54) is 12.1 Å². The van der Waals surface area contributed by atoms with Crippen molar-refractivity contribution < 1.29 is 8.42 Å². The van der Waals surface area contributed by atoms with Gasteiger partial charge in [-0.15, -0.1) is 0 Å².